The molecule has 2 saturated carbocycles. The Labute approximate surface area is 162 Å². The fourth-order valence-corrected chi connectivity index (χ4v) is 2.85. The fraction of sp³-hybridized carbons (Fsp3) is 0.429. The van der Waals surface area contributed by atoms with Gasteiger partial charge in [-0.3, -0.25) is 4.79 Å². The number of aliphatic carboxylic acids is 1. The quantitative estimate of drug-likeness (QED) is 0.469. The van der Waals surface area contributed by atoms with Crippen molar-refractivity contribution in [2.75, 3.05) is 6.61 Å². The number of nitrogens with zero attached hydrogens (tertiary/aromatic N) is 1. The lowest BCUT2D eigenvalue weighted by molar-refractivity contribution is -0.139. The largest absolute Gasteiger partial charge is 0.487 e. The van der Waals surface area contributed by atoms with Gasteiger partial charge < -0.3 is 14.6 Å². The maximum absolute atomic E-state index is 14.5. The molecule has 0 spiro atoms. The Morgan fingerprint density at radius 1 is 1.36 bits per heavy atom. The van der Waals surface area contributed by atoms with Gasteiger partial charge in [-0.05, 0) is 43.9 Å². The number of hydrogen-bond donors (Lipinski definition) is 1. The maximum atomic E-state index is 14.5. The molecule has 0 bridgehead atoms. The molecule has 3 rings (SSSR count). The number of pyridine rings is 1. The first-order valence-electron chi connectivity index (χ1n) is 9.34. The number of halogens is 2. The Balaban J connectivity index is 1.61. The number of rotatable bonds is 10. The molecule has 0 radical (unpaired) electrons. The highest BCUT2D eigenvalue weighted by atomic mass is 19.1. The van der Waals surface area contributed by atoms with Gasteiger partial charge in [-0.15, -0.1) is 0 Å². The van der Waals surface area contributed by atoms with E-state index in [2.05, 4.69) is 11.6 Å². The number of carboxylic acids is 1. The second kappa shape index (κ2) is 8.99. The highest BCUT2D eigenvalue weighted by molar-refractivity contribution is 5.73. The van der Waals surface area contributed by atoms with Crippen LogP contribution in [0.1, 0.15) is 31.4 Å². The second-order valence-electron chi connectivity index (χ2n) is 7.03. The number of ether oxygens (including phenoxy) is 2. The lowest BCUT2D eigenvalue weighted by Gasteiger charge is -2.25. The zero-order chi connectivity index (χ0) is 20.1. The summed E-state index contributed by atoms with van der Waals surface area (Å²) in [5.74, 6) is -3.55. The van der Waals surface area contributed by atoms with E-state index in [9.17, 15) is 13.6 Å². The molecule has 150 valence electrons. The van der Waals surface area contributed by atoms with Crippen LogP contribution in [0.3, 0.4) is 0 Å². The van der Waals surface area contributed by atoms with Gasteiger partial charge in [0, 0.05) is 24.1 Å². The van der Waals surface area contributed by atoms with Gasteiger partial charge in [0.05, 0.1) is 12.5 Å². The fourth-order valence-electron chi connectivity index (χ4n) is 2.85. The number of hydrogen-bond acceptors (Lipinski definition) is 4. The Kier molecular flexibility index (Phi) is 6.44. The predicted octanol–water partition coefficient (Wildman–Crippen LogP) is 4.51. The number of carbonyl (C=O) groups is 1. The third-order valence-corrected chi connectivity index (χ3v) is 4.91. The summed E-state index contributed by atoms with van der Waals surface area (Å²) in [6.07, 6.45) is 5.97. The average Bonchev–Trinajstić information content (AvgIpc) is 3.43. The predicted molar refractivity (Wildman–Crippen MR) is 98.9 cm³/mol. The van der Waals surface area contributed by atoms with Crippen LogP contribution < -0.4 is 4.74 Å². The van der Waals surface area contributed by atoms with Crippen LogP contribution in [0.2, 0.25) is 0 Å². The highest BCUT2D eigenvalue weighted by Gasteiger charge is 2.44. The minimum atomic E-state index is -0.934. The number of allylic oxidation sites excluding steroid dienone is 4. The molecule has 5 nitrogen and oxygen atoms in total. The molecule has 0 saturated heterocycles. The van der Waals surface area contributed by atoms with Crippen LogP contribution in [0.5, 0.6) is 5.88 Å². The third-order valence-electron chi connectivity index (χ3n) is 4.91. The van der Waals surface area contributed by atoms with Gasteiger partial charge in [-0.1, -0.05) is 12.6 Å². The van der Waals surface area contributed by atoms with Crippen LogP contribution in [0, 0.1) is 11.8 Å². The molecule has 0 amide bonds. The molecule has 7 heteroatoms. The van der Waals surface area contributed by atoms with Crippen LogP contribution >= 0.6 is 0 Å². The third kappa shape index (κ3) is 5.18. The maximum Gasteiger partial charge on any atom is 0.306 e. The summed E-state index contributed by atoms with van der Waals surface area (Å²) in [5, 5.41) is 8.90. The molecule has 2 aliphatic carbocycles. The zero-order valence-corrected chi connectivity index (χ0v) is 15.4. The summed E-state index contributed by atoms with van der Waals surface area (Å²) in [6, 6.07) is 5.26. The van der Waals surface area contributed by atoms with Crippen LogP contribution in [0.25, 0.3) is 0 Å². The van der Waals surface area contributed by atoms with Crippen molar-refractivity contribution in [2.45, 2.75) is 38.2 Å². The SMILES string of the molecule is C=C/C(F)=C(OCC1CC1C(=O)O)\C(F)=C/Cc1cccc(OC2CCC2)n1. The molecule has 2 atom stereocenters. The van der Waals surface area contributed by atoms with Gasteiger partial charge in [0.15, 0.2) is 17.4 Å². The van der Waals surface area contributed by atoms with E-state index in [1.807, 2.05) is 0 Å². The van der Waals surface area contributed by atoms with E-state index >= 15 is 0 Å². The Bertz CT molecular complexity index is 801. The molecule has 1 aromatic rings. The van der Waals surface area contributed by atoms with Crippen molar-refractivity contribution in [3.05, 3.63) is 60.0 Å². The lowest BCUT2D eigenvalue weighted by Crippen LogP contribution is -2.25. The minimum Gasteiger partial charge on any atom is -0.487 e. The summed E-state index contributed by atoms with van der Waals surface area (Å²) in [5.41, 5.74) is 0.582. The first kappa shape index (κ1) is 20.0. The first-order chi connectivity index (χ1) is 13.5. The van der Waals surface area contributed by atoms with E-state index in [0.717, 1.165) is 25.3 Å². The van der Waals surface area contributed by atoms with Crippen molar-refractivity contribution in [1.29, 1.82) is 0 Å². The number of carboxylic acid groups (broad SMARTS) is 1. The summed E-state index contributed by atoms with van der Waals surface area (Å²) in [6.45, 7) is 3.23. The molecule has 0 aromatic carbocycles. The lowest BCUT2D eigenvalue weighted by atomic mass is 9.96. The molecular weight excluding hydrogens is 368 g/mol. The van der Waals surface area contributed by atoms with Crippen LogP contribution in [-0.4, -0.2) is 28.8 Å². The van der Waals surface area contributed by atoms with Crippen LogP contribution in [-0.2, 0) is 16.0 Å². The summed E-state index contributed by atoms with van der Waals surface area (Å²) < 4.78 is 39.4. The Hall–Kier alpha value is -2.70. The van der Waals surface area contributed by atoms with Gasteiger partial charge in [0.1, 0.15) is 6.10 Å². The van der Waals surface area contributed by atoms with E-state index < -0.39 is 29.3 Å². The molecule has 2 fully saturated rings. The molecule has 28 heavy (non-hydrogen) atoms. The van der Waals surface area contributed by atoms with E-state index in [-0.39, 0.29) is 25.0 Å². The van der Waals surface area contributed by atoms with E-state index in [1.165, 1.54) is 6.08 Å². The van der Waals surface area contributed by atoms with Crippen molar-refractivity contribution < 1.29 is 28.2 Å². The number of aromatic nitrogens is 1. The van der Waals surface area contributed by atoms with Crippen LogP contribution in [0.4, 0.5) is 8.78 Å². The summed E-state index contributed by atoms with van der Waals surface area (Å²) in [4.78, 5) is 15.2. The zero-order valence-electron chi connectivity index (χ0n) is 15.4. The molecule has 2 aliphatic rings. The second-order valence-corrected chi connectivity index (χ2v) is 7.03. The van der Waals surface area contributed by atoms with Gasteiger partial charge in [-0.25, -0.2) is 13.8 Å². The van der Waals surface area contributed by atoms with Crippen molar-refractivity contribution >= 4 is 5.97 Å². The Morgan fingerprint density at radius 3 is 2.75 bits per heavy atom. The Morgan fingerprint density at radius 2 is 2.14 bits per heavy atom. The standard InChI is InChI=1S/C21H23F2NO4/c1-2-17(22)20(27-12-13-11-16(13)21(25)26)18(23)10-9-14-5-3-8-19(24-14)28-15-6-4-7-15/h2-3,5,8,10,13,15-16H,1,4,6-7,9,11-12H2,(H,25,26)/b18-10+,20-17-. The first-order valence-corrected chi connectivity index (χ1v) is 9.34. The van der Waals surface area contributed by atoms with Crippen molar-refractivity contribution in [1.82, 2.24) is 4.98 Å². The topological polar surface area (TPSA) is 68.7 Å². The minimum absolute atomic E-state index is 0.0578. The van der Waals surface area contributed by atoms with Gasteiger partial charge in [0.25, 0.3) is 0 Å². The van der Waals surface area contributed by atoms with Crippen molar-refractivity contribution in [2.24, 2.45) is 11.8 Å². The summed E-state index contributed by atoms with van der Waals surface area (Å²) in [7, 11) is 0. The normalized spacial score (nSPS) is 22.7. The highest BCUT2D eigenvalue weighted by Crippen LogP contribution is 2.39. The van der Waals surface area contributed by atoms with E-state index in [1.54, 1.807) is 18.2 Å². The molecule has 1 heterocycles. The van der Waals surface area contributed by atoms with Crippen LogP contribution in [0.15, 0.2) is 54.3 Å². The molecule has 1 aromatic heterocycles. The smallest absolute Gasteiger partial charge is 0.306 e. The van der Waals surface area contributed by atoms with Gasteiger partial charge in [-0.2, -0.15) is 0 Å². The molecular formula is C21H23F2NO4. The molecule has 2 unspecified atom stereocenters. The summed E-state index contributed by atoms with van der Waals surface area (Å²) >= 11 is 0. The monoisotopic (exact) mass is 391 g/mol. The van der Waals surface area contributed by atoms with E-state index in [0.29, 0.717) is 18.0 Å². The van der Waals surface area contributed by atoms with E-state index in [4.69, 9.17) is 14.6 Å². The molecule has 1 N–H and O–H groups in total. The van der Waals surface area contributed by atoms with Gasteiger partial charge in [0.2, 0.25) is 5.88 Å². The van der Waals surface area contributed by atoms with Crippen molar-refractivity contribution in [3.63, 3.8) is 0 Å². The average molecular weight is 391 g/mol. The van der Waals surface area contributed by atoms with Crippen molar-refractivity contribution in [3.8, 4) is 5.88 Å². The molecule has 0 aliphatic heterocycles. The van der Waals surface area contributed by atoms with Gasteiger partial charge >= 0.3 is 5.97 Å².